The lowest BCUT2D eigenvalue weighted by molar-refractivity contribution is -0.147. The average Bonchev–Trinajstić information content (AvgIpc) is 2.62. The molecule has 0 aliphatic rings. The molecule has 0 aliphatic carbocycles. The van der Waals surface area contributed by atoms with Crippen molar-refractivity contribution in [3.05, 3.63) is 57.0 Å². The van der Waals surface area contributed by atoms with Crippen LogP contribution in [0.3, 0.4) is 0 Å². The fraction of sp³-hybridized carbons (Fsp3) is 0.167. The van der Waals surface area contributed by atoms with Crippen LogP contribution in [0.25, 0.3) is 0 Å². The molecule has 6 nitrogen and oxygen atoms in total. The maximum atomic E-state index is 11.8. The molecule has 142 valence electrons. The molecule has 2 aromatic rings. The van der Waals surface area contributed by atoms with Gasteiger partial charge in [-0.2, -0.15) is 0 Å². The Labute approximate surface area is 174 Å². The molecule has 2 N–H and O–H groups in total. The Morgan fingerprint density at radius 1 is 0.926 bits per heavy atom. The number of carbonyl (C=O) groups is 3. The number of carbonyl (C=O) groups excluding carboxylic acids is 3. The van der Waals surface area contributed by atoms with Gasteiger partial charge in [0.15, 0.2) is 6.61 Å². The predicted molar refractivity (Wildman–Crippen MR) is 108 cm³/mol. The van der Waals surface area contributed by atoms with Crippen LogP contribution < -0.4 is 10.6 Å². The van der Waals surface area contributed by atoms with E-state index in [1.165, 1.54) is 12.1 Å². The van der Waals surface area contributed by atoms with Gasteiger partial charge in [0, 0.05) is 21.6 Å². The van der Waals surface area contributed by atoms with Crippen molar-refractivity contribution in [2.24, 2.45) is 0 Å². The molecule has 2 rings (SSSR count). The van der Waals surface area contributed by atoms with Gasteiger partial charge in [0.25, 0.3) is 5.91 Å². The van der Waals surface area contributed by atoms with Crippen LogP contribution in [0.5, 0.6) is 0 Å². The molecule has 0 atom stereocenters. The maximum absolute atomic E-state index is 11.8. The lowest BCUT2D eigenvalue weighted by atomic mass is 10.2. The summed E-state index contributed by atoms with van der Waals surface area (Å²) in [4.78, 5) is 35.3. The standard InChI is InChI=1S/C18H15BrCl2N2O4/c19-11-1-4-13(5-2-11)22-16(24)7-8-18(26)27-10-17(25)23-15-6-3-12(20)9-14(15)21/h1-6,9H,7-8,10H2,(H,22,24)(H,23,25). The SMILES string of the molecule is O=C(CCC(=O)OCC(=O)Nc1ccc(Cl)cc1Cl)Nc1ccc(Br)cc1. The van der Waals surface area contributed by atoms with Gasteiger partial charge in [-0.25, -0.2) is 0 Å². The Bertz CT molecular complexity index is 844. The Morgan fingerprint density at radius 2 is 1.63 bits per heavy atom. The van der Waals surface area contributed by atoms with E-state index < -0.39 is 18.5 Å². The Morgan fingerprint density at radius 3 is 2.30 bits per heavy atom. The fourth-order valence-electron chi connectivity index (χ4n) is 1.97. The highest BCUT2D eigenvalue weighted by Gasteiger charge is 2.12. The third kappa shape index (κ3) is 7.58. The first-order chi connectivity index (χ1) is 12.8. The zero-order chi connectivity index (χ0) is 19.8. The second-order valence-corrected chi connectivity index (χ2v) is 7.15. The monoisotopic (exact) mass is 472 g/mol. The minimum atomic E-state index is -0.654. The molecule has 0 saturated heterocycles. The van der Waals surface area contributed by atoms with Crippen molar-refractivity contribution < 1.29 is 19.1 Å². The number of hydrogen-bond donors (Lipinski definition) is 2. The molecule has 0 heterocycles. The predicted octanol–water partition coefficient (Wildman–Crippen LogP) is 4.66. The lowest BCUT2D eigenvalue weighted by Crippen LogP contribution is -2.22. The van der Waals surface area contributed by atoms with Crippen LogP contribution in [0, 0.1) is 0 Å². The highest BCUT2D eigenvalue weighted by atomic mass is 79.9. The van der Waals surface area contributed by atoms with Crippen molar-refractivity contribution in [3.63, 3.8) is 0 Å². The molecule has 0 spiro atoms. The topological polar surface area (TPSA) is 84.5 Å². The summed E-state index contributed by atoms with van der Waals surface area (Å²) in [5.74, 6) is -1.53. The fourth-order valence-corrected chi connectivity index (χ4v) is 2.69. The number of anilines is 2. The highest BCUT2D eigenvalue weighted by molar-refractivity contribution is 9.10. The van der Waals surface area contributed by atoms with Crippen LogP contribution in [-0.4, -0.2) is 24.4 Å². The summed E-state index contributed by atoms with van der Waals surface area (Å²) in [5.41, 5.74) is 0.978. The number of hydrogen-bond acceptors (Lipinski definition) is 4. The second-order valence-electron chi connectivity index (χ2n) is 5.39. The van der Waals surface area contributed by atoms with Gasteiger partial charge in [0.05, 0.1) is 17.1 Å². The Hall–Kier alpha value is -2.09. The molecular formula is C18H15BrCl2N2O4. The molecule has 2 amide bonds. The second kappa shape index (κ2) is 10.3. The lowest BCUT2D eigenvalue weighted by Gasteiger charge is -2.08. The van der Waals surface area contributed by atoms with Crippen LogP contribution in [0.4, 0.5) is 11.4 Å². The molecule has 0 fully saturated rings. The zero-order valence-electron chi connectivity index (χ0n) is 13.9. The summed E-state index contributed by atoms with van der Waals surface area (Å²) < 4.78 is 5.74. The summed E-state index contributed by atoms with van der Waals surface area (Å²) >= 11 is 15.0. The van der Waals surface area contributed by atoms with Gasteiger partial charge < -0.3 is 15.4 Å². The van der Waals surface area contributed by atoms with E-state index in [9.17, 15) is 14.4 Å². The molecule has 9 heteroatoms. The largest absolute Gasteiger partial charge is 0.456 e. The molecule has 0 radical (unpaired) electrons. The van der Waals surface area contributed by atoms with E-state index in [0.29, 0.717) is 16.4 Å². The van der Waals surface area contributed by atoms with E-state index in [0.717, 1.165) is 4.47 Å². The molecule has 0 unspecified atom stereocenters. The highest BCUT2D eigenvalue weighted by Crippen LogP contribution is 2.25. The molecule has 0 aromatic heterocycles. The summed E-state index contributed by atoms with van der Waals surface area (Å²) in [6, 6.07) is 11.6. The number of rotatable bonds is 7. The van der Waals surface area contributed by atoms with E-state index in [2.05, 4.69) is 26.6 Å². The van der Waals surface area contributed by atoms with Crippen molar-refractivity contribution in [1.82, 2.24) is 0 Å². The van der Waals surface area contributed by atoms with Crippen LogP contribution in [0.2, 0.25) is 10.0 Å². The van der Waals surface area contributed by atoms with Crippen LogP contribution in [-0.2, 0) is 19.1 Å². The number of esters is 1. The summed E-state index contributed by atoms with van der Waals surface area (Å²) in [5, 5.41) is 5.87. The molecule has 0 saturated carbocycles. The molecule has 0 aliphatic heterocycles. The van der Waals surface area contributed by atoms with E-state index in [4.69, 9.17) is 27.9 Å². The van der Waals surface area contributed by atoms with Crippen LogP contribution in [0.15, 0.2) is 46.9 Å². The van der Waals surface area contributed by atoms with Crippen LogP contribution in [0.1, 0.15) is 12.8 Å². The third-order valence-corrected chi connectivity index (χ3v) is 4.33. The van der Waals surface area contributed by atoms with Crippen molar-refractivity contribution >= 4 is 68.3 Å². The molecule has 2 aromatic carbocycles. The Balaban J connectivity index is 1.69. The van der Waals surface area contributed by atoms with E-state index >= 15 is 0 Å². The van der Waals surface area contributed by atoms with Gasteiger partial charge in [0.2, 0.25) is 5.91 Å². The minimum Gasteiger partial charge on any atom is -0.456 e. The number of halogens is 3. The quantitative estimate of drug-likeness (QED) is 0.573. The summed E-state index contributed by atoms with van der Waals surface area (Å²) in [6.07, 6.45) is -0.198. The number of nitrogens with one attached hydrogen (secondary N) is 2. The summed E-state index contributed by atoms with van der Waals surface area (Å²) in [6.45, 7) is -0.480. The summed E-state index contributed by atoms with van der Waals surface area (Å²) in [7, 11) is 0. The first-order valence-electron chi connectivity index (χ1n) is 7.79. The van der Waals surface area contributed by atoms with Crippen molar-refractivity contribution in [1.29, 1.82) is 0 Å². The van der Waals surface area contributed by atoms with Gasteiger partial charge >= 0.3 is 5.97 Å². The smallest absolute Gasteiger partial charge is 0.306 e. The van der Waals surface area contributed by atoms with Gasteiger partial charge in [-0.1, -0.05) is 39.1 Å². The number of ether oxygens (including phenoxy) is 1. The van der Waals surface area contributed by atoms with Gasteiger partial charge in [-0.15, -0.1) is 0 Å². The first-order valence-corrected chi connectivity index (χ1v) is 9.34. The van der Waals surface area contributed by atoms with E-state index in [-0.39, 0.29) is 23.8 Å². The van der Waals surface area contributed by atoms with E-state index in [1.807, 2.05) is 0 Å². The maximum Gasteiger partial charge on any atom is 0.306 e. The molecule has 0 bridgehead atoms. The van der Waals surface area contributed by atoms with Crippen LogP contribution >= 0.6 is 39.1 Å². The van der Waals surface area contributed by atoms with E-state index in [1.54, 1.807) is 30.3 Å². The number of amides is 2. The van der Waals surface area contributed by atoms with Gasteiger partial charge in [-0.05, 0) is 42.5 Å². The van der Waals surface area contributed by atoms with Gasteiger partial charge in [0.1, 0.15) is 0 Å². The van der Waals surface area contributed by atoms with Crippen molar-refractivity contribution in [2.45, 2.75) is 12.8 Å². The van der Waals surface area contributed by atoms with Crippen molar-refractivity contribution in [3.8, 4) is 0 Å². The third-order valence-electron chi connectivity index (χ3n) is 3.25. The Kier molecular flexibility index (Phi) is 8.09. The molecule has 27 heavy (non-hydrogen) atoms. The zero-order valence-corrected chi connectivity index (χ0v) is 17.0. The molecular weight excluding hydrogens is 459 g/mol. The number of benzene rings is 2. The minimum absolute atomic E-state index is 0.0560. The van der Waals surface area contributed by atoms with Crippen molar-refractivity contribution in [2.75, 3.05) is 17.2 Å². The average molecular weight is 474 g/mol. The normalized spacial score (nSPS) is 10.2. The van der Waals surface area contributed by atoms with Gasteiger partial charge in [-0.3, -0.25) is 14.4 Å². The first kappa shape index (κ1) is 21.2.